The number of hydrogen-bond donors (Lipinski definition) is 1. The summed E-state index contributed by atoms with van der Waals surface area (Å²) in [6, 6.07) is 18.5. The lowest BCUT2D eigenvalue weighted by Crippen LogP contribution is -2.57. The number of anilines is 1. The number of piperazine rings is 1. The second-order valence-corrected chi connectivity index (χ2v) is 9.83. The fraction of sp³-hybridized carbons (Fsp3) is 0.259. The van der Waals surface area contributed by atoms with Gasteiger partial charge in [-0.1, -0.05) is 41.6 Å². The van der Waals surface area contributed by atoms with Gasteiger partial charge in [0.25, 0.3) is 0 Å². The first kappa shape index (κ1) is 26.6. The van der Waals surface area contributed by atoms with Gasteiger partial charge in [-0.25, -0.2) is 5.01 Å². The van der Waals surface area contributed by atoms with Crippen molar-refractivity contribution in [3.05, 3.63) is 76.3 Å². The number of carboxylic acid groups (broad SMARTS) is 1. The molecule has 0 aliphatic carbocycles. The molecule has 4 rings (SSSR count). The molecule has 1 heterocycles. The van der Waals surface area contributed by atoms with E-state index in [1.54, 1.807) is 18.0 Å². The van der Waals surface area contributed by atoms with Crippen LogP contribution in [0.4, 0.5) is 5.69 Å². The number of carboxylic acids is 1. The van der Waals surface area contributed by atoms with Crippen LogP contribution in [-0.2, 0) is 16.1 Å². The Bertz CT molecular complexity index is 1440. The van der Waals surface area contributed by atoms with Gasteiger partial charge in [0.1, 0.15) is 0 Å². The van der Waals surface area contributed by atoms with Crippen molar-refractivity contribution in [3.63, 3.8) is 0 Å². The van der Waals surface area contributed by atoms with E-state index < -0.39 is 23.3 Å². The molecule has 1 fully saturated rings. The van der Waals surface area contributed by atoms with Gasteiger partial charge in [0, 0.05) is 65.7 Å². The Morgan fingerprint density at radius 3 is 2.43 bits per heavy atom. The summed E-state index contributed by atoms with van der Waals surface area (Å²) in [5.41, 5.74) is 2.95. The summed E-state index contributed by atoms with van der Waals surface area (Å²) in [5.74, 6) is 5.19. The molecule has 0 radical (unpaired) electrons. The van der Waals surface area contributed by atoms with Gasteiger partial charge in [0.15, 0.2) is 0 Å². The number of halogens is 1. The van der Waals surface area contributed by atoms with Crippen LogP contribution >= 0.6 is 11.6 Å². The van der Waals surface area contributed by atoms with Crippen molar-refractivity contribution in [2.45, 2.75) is 19.4 Å². The summed E-state index contributed by atoms with van der Waals surface area (Å²) < 4.78 is 24.6. The van der Waals surface area contributed by atoms with Crippen LogP contribution in [0.2, 0.25) is 5.02 Å². The van der Waals surface area contributed by atoms with E-state index in [1.807, 2.05) is 48.5 Å². The molecule has 1 saturated heterocycles. The Kier molecular flexibility index (Phi) is 8.45. The second-order valence-electron chi connectivity index (χ2n) is 8.65. The highest BCUT2D eigenvalue weighted by atomic mass is 35.5. The molecule has 0 amide bonds. The monoisotopic (exact) mass is 535 g/mol. The lowest BCUT2D eigenvalue weighted by molar-refractivity contribution is -0.139. The summed E-state index contributed by atoms with van der Waals surface area (Å²) in [5, 5.41) is 22.2. The number of nitriles is 1. The predicted octanol–water partition coefficient (Wildman–Crippen LogP) is 3.76. The molecule has 2 unspecified atom stereocenters. The maximum atomic E-state index is 11.7. The molecular weight excluding hydrogens is 512 g/mol. The molecule has 8 nitrogen and oxygen atoms in total. The van der Waals surface area contributed by atoms with Gasteiger partial charge >= 0.3 is 5.97 Å². The zero-order valence-electron chi connectivity index (χ0n) is 20.1. The quantitative estimate of drug-likeness (QED) is 0.378. The second kappa shape index (κ2) is 11.7. The highest BCUT2D eigenvalue weighted by molar-refractivity contribution is 7.76. The minimum atomic E-state index is -2.55. The van der Waals surface area contributed by atoms with Crippen LogP contribution in [0.5, 0.6) is 0 Å². The number of carbonyl (C=O) groups is 1. The van der Waals surface area contributed by atoms with Crippen LogP contribution in [0.3, 0.4) is 0 Å². The molecule has 1 aliphatic heterocycles. The van der Waals surface area contributed by atoms with E-state index >= 15 is 0 Å². The van der Waals surface area contributed by atoms with Gasteiger partial charge in [0.2, 0.25) is 0 Å². The Hall–Kier alpha value is -3.44. The van der Waals surface area contributed by atoms with Gasteiger partial charge in [-0.3, -0.25) is 9.00 Å². The smallest absolute Gasteiger partial charge is 0.305 e. The summed E-state index contributed by atoms with van der Waals surface area (Å²) in [6.45, 7) is 3.66. The maximum absolute atomic E-state index is 11.7. The van der Waals surface area contributed by atoms with Gasteiger partial charge < -0.3 is 14.6 Å². The molecule has 3 aromatic rings. The van der Waals surface area contributed by atoms with E-state index in [1.165, 1.54) is 0 Å². The molecule has 3 aromatic carbocycles. The fourth-order valence-electron chi connectivity index (χ4n) is 4.42. The molecule has 37 heavy (non-hydrogen) atoms. The molecule has 2 atom stereocenters. The number of fused-ring (bicyclic) bond motifs is 1. The number of benzene rings is 3. The minimum absolute atomic E-state index is 0.263. The first-order valence-electron chi connectivity index (χ1n) is 11.6. The van der Waals surface area contributed by atoms with E-state index in [4.69, 9.17) is 16.7 Å². The zero-order valence-corrected chi connectivity index (χ0v) is 21.6. The third-order valence-corrected chi connectivity index (χ3v) is 7.50. The van der Waals surface area contributed by atoms with Crippen LogP contribution in [0, 0.1) is 23.2 Å². The lowest BCUT2D eigenvalue weighted by atomic mass is 10.0. The molecular formula is C27H24ClN4O4S-. The largest absolute Gasteiger partial charge is 0.759 e. The molecule has 10 heteroatoms. The maximum Gasteiger partial charge on any atom is 0.305 e. The first-order valence-corrected chi connectivity index (χ1v) is 13.0. The van der Waals surface area contributed by atoms with Gasteiger partial charge in [-0.15, -0.1) is 0 Å². The van der Waals surface area contributed by atoms with Crippen molar-refractivity contribution < 1.29 is 18.7 Å². The van der Waals surface area contributed by atoms with E-state index in [9.17, 15) is 18.8 Å². The van der Waals surface area contributed by atoms with Crippen LogP contribution in [-0.4, -0.2) is 61.5 Å². The third kappa shape index (κ3) is 6.11. The molecule has 190 valence electrons. The van der Waals surface area contributed by atoms with Crippen LogP contribution < -0.4 is 4.90 Å². The van der Waals surface area contributed by atoms with Crippen LogP contribution in [0.15, 0.2) is 54.6 Å². The Labute approximate surface area is 223 Å². The number of hydrogen-bond acceptors (Lipinski definition) is 6. The summed E-state index contributed by atoms with van der Waals surface area (Å²) >= 11 is 4.03. The van der Waals surface area contributed by atoms with E-state index in [-0.39, 0.29) is 6.42 Å². The van der Waals surface area contributed by atoms with Crippen molar-refractivity contribution in [1.82, 2.24) is 9.42 Å². The summed E-state index contributed by atoms with van der Waals surface area (Å²) in [6.07, 6.45) is -0.263. The average Bonchev–Trinajstić information content (AvgIpc) is 2.88. The van der Waals surface area contributed by atoms with Crippen molar-refractivity contribution in [2.75, 3.05) is 31.1 Å². The predicted molar refractivity (Wildman–Crippen MR) is 142 cm³/mol. The number of rotatable bonds is 6. The van der Waals surface area contributed by atoms with Gasteiger partial charge in [-0.05, 0) is 48.7 Å². The summed E-state index contributed by atoms with van der Waals surface area (Å²) in [7, 11) is 0. The molecule has 1 N–H and O–H groups in total. The first-order chi connectivity index (χ1) is 17.8. The van der Waals surface area contributed by atoms with Crippen molar-refractivity contribution in [3.8, 4) is 17.9 Å². The molecule has 1 aliphatic rings. The van der Waals surface area contributed by atoms with Crippen LogP contribution in [0.25, 0.3) is 10.8 Å². The van der Waals surface area contributed by atoms with Gasteiger partial charge in [0.05, 0.1) is 23.1 Å². The van der Waals surface area contributed by atoms with Crippen LogP contribution in [0.1, 0.15) is 30.0 Å². The molecule has 0 bridgehead atoms. The summed E-state index contributed by atoms with van der Waals surface area (Å²) in [4.78, 5) is 13.2. The topological polar surface area (TPSA) is 111 Å². The van der Waals surface area contributed by atoms with Crippen molar-refractivity contribution >= 4 is 45.3 Å². The van der Waals surface area contributed by atoms with E-state index in [0.717, 1.165) is 21.1 Å². The van der Waals surface area contributed by atoms with E-state index in [2.05, 4.69) is 22.8 Å². The van der Waals surface area contributed by atoms with Crippen molar-refractivity contribution in [2.24, 2.45) is 0 Å². The Morgan fingerprint density at radius 1 is 1.11 bits per heavy atom. The third-order valence-electron chi connectivity index (χ3n) is 6.21. The Morgan fingerprint density at radius 2 is 1.81 bits per heavy atom. The number of aliphatic carboxylic acids is 1. The standard InChI is InChI=1S/C27H25ClN4O4S/c1-19(17-25(33)34)32(37(35)36)31-15-13-30(14-16-31)24-11-6-20(7-12-24)5-8-22-10-9-21-3-2-4-23(18-29)26(21)27(22)28/h2-4,6-7,9-12,19H,13-17H2,1H3,(H,33,34)(H,35,36)/p-1. The van der Waals surface area contributed by atoms with Crippen molar-refractivity contribution in [1.29, 1.82) is 5.26 Å². The van der Waals surface area contributed by atoms with E-state index in [0.29, 0.717) is 47.7 Å². The lowest BCUT2D eigenvalue weighted by Gasteiger charge is -2.44. The molecule has 0 saturated carbocycles. The molecule has 0 spiro atoms. The highest BCUT2D eigenvalue weighted by Crippen LogP contribution is 2.30. The highest BCUT2D eigenvalue weighted by Gasteiger charge is 2.28. The van der Waals surface area contributed by atoms with Gasteiger partial charge in [-0.2, -0.15) is 9.68 Å². The fourth-order valence-corrected chi connectivity index (χ4v) is 5.46. The average molecular weight is 536 g/mol. The minimum Gasteiger partial charge on any atom is -0.759 e. The molecule has 0 aromatic heterocycles. The number of nitrogens with zero attached hydrogens (tertiary/aromatic N) is 4. The normalized spacial score (nSPS) is 15.6. The Balaban J connectivity index is 1.44. The SMILES string of the molecule is CC(CC(=O)O)N(N1CCN(c2ccc(C#Cc3ccc4cccc(C#N)c4c3Cl)cc2)CC1)S(=O)[O-]. The number of hydrazine groups is 1. The zero-order chi connectivity index (χ0) is 26.5.